The summed E-state index contributed by atoms with van der Waals surface area (Å²) in [6.45, 7) is 2.20. The summed E-state index contributed by atoms with van der Waals surface area (Å²) in [5.41, 5.74) is 1.57. The second kappa shape index (κ2) is 6.59. The minimum absolute atomic E-state index is 0.130. The zero-order chi connectivity index (χ0) is 18.1. The Morgan fingerprint density at radius 1 is 1.12 bits per heavy atom. The van der Waals surface area contributed by atoms with Crippen molar-refractivity contribution in [3.63, 3.8) is 0 Å². The zero-order valence-electron chi connectivity index (χ0n) is 14.2. The number of nitrogens with one attached hydrogen (secondary N) is 1. The van der Waals surface area contributed by atoms with Gasteiger partial charge >= 0.3 is 0 Å². The molecule has 1 unspecified atom stereocenters. The largest absolute Gasteiger partial charge is 0.477 e. The number of fused-ring (bicyclic) bond motifs is 2. The smallest absolute Gasteiger partial charge is 0.263 e. The molecule has 7 nitrogen and oxygen atoms in total. The lowest BCUT2D eigenvalue weighted by Gasteiger charge is -2.33. The number of amides is 2. The van der Waals surface area contributed by atoms with Crippen LogP contribution in [0.4, 0.5) is 5.69 Å². The molecule has 0 saturated heterocycles. The molecule has 134 valence electrons. The first kappa shape index (κ1) is 16.3. The molecule has 0 radical (unpaired) electrons. The highest BCUT2D eigenvalue weighted by atomic mass is 16.7. The van der Waals surface area contributed by atoms with Crippen LogP contribution in [0.2, 0.25) is 0 Å². The van der Waals surface area contributed by atoms with Crippen LogP contribution < -0.4 is 24.4 Å². The van der Waals surface area contributed by atoms with E-state index in [2.05, 4.69) is 5.32 Å². The van der Waals surface area contributed by atoms with Crippen LogP contribution in [0.15, 0.2) is 42.5 Å². The molecule has 4 rings (SSSR count). The average Bonchev–Trinajstić information content (AvgIpc) is 3.12. The molecule has 0 fully saturated rings. The minimum atomic E-state index is -0.761. The number of benzene rings is 2. The van der Waals surface area contributed by atoms with E-state index in [1.165, 1.54) is 6.92 Å². The highest BCUT2D eigenvalue weighted by Gasteiger charge is 2.32. The number of anilines is 1. The van der Waals surface area contributed by atoms with Crippen LogP contribution in [0.3, 0.4) is 0 Å². The lowest BCUT2D eigenvalue weighted by Crippen LogP contribution is -2.50. The van der Waals surface area contributed by atoms with Gasteiger partial charge in [0, 0.05) is 13.5 Å². The third-order valence-electron chi connectivity index (χ3n) is 4.35. The van der Waals surface area contributed by atoms with E-state index < -0.39 is 6.10 Å². The van der Waals surface area contributed by atoms with Crippen molar-refractivity contribution in [2.45, 2.75) is 19.6 Å². The third kappa shape index (κ3) is 3.03. The maximum absolute atomic E-state index is 12.6. The van der Waals surface area contributed by atoms with Gasteiger partial charge in [-0.3, -0.25) is 9.59 Å². The molecule has 2 aliphatic rings. The van der Waals surface area contributed by atoms with Crippen LogP contribution in [0.25, 0.3) is 0 Å². The van der Waals surface area contributed by atoms with E-state index in [-0.39, 0.29) is 25.2 Å². The number of hydrogen-bond acceptors (Lipinski definition) is 5. The number of carbonyl (C=O) groups is 2. The average molecular weight is 354 g/mol. The number of ether oxygens (including phenoxy) is 3. The Morgan fingerprint density at radius 3 is 2.77 bits per heavy atom. The summed E-state index contributed by atoms with van der Waals surface area (Å²) >= 11 is 0. The Hall–Kier alpha value is -3.22. The van der Waals surface area contributed by atoms with Crippen molar-refractivity contribution in [1.82, 2.24) is 5.32 Å². The van der Waals surface area contributed by atoms with Gasteiger partial charge in [0.1, 0.15) is 5.75 Å². The summed E-state index contributed by atoms with van der Waals surface area (Å²) < 4.78 is 16.4. The Morgan fingerprint density at radius 2 is 1.92 bits per heavy atom. The maximum atomic E-state index is 12.6. The van der Waals surface area contributed by atoms with Crippen molar-refractivity contribution < 1.29 is 23.8 Å². The molecule has 0 spiro atoms. The zero-order valence-corrected chi connectivity index (χ0v) is 14.2. The predicted octanol–water partition coefficient (Wildman–Crippen LogP) is 1.85. The van der Waals surface area contributed by atoms with E-state index in [0.29, 0.717) is 29.5 Å². The van der Waals surface area contributed by atoms with Gasteiger partial charge in [-0.15, -0.1) is 0 Å². The van der Waals surface area contributed by atoms with Crippen molar-refractivity contribution >= 4 is 17.5 Å². The fourth-order valence-corrected chi connectivity index (χ4v) is 3.02. The first-order valence-corrected chi connectivity index (χ1v) is 8.32. The molecule has 2 aromatic carbocycles. The van der Waals surface area contributed by atoms with Crippen LogP contribution in [0, 0.1) is 0 Å². The van der Waals surface area contributed by atoms with E-state index in [1.54, 1.807) is 17.0 Å². The van der Waals surface area contributed by atoms with Crippen molar-refractivity contribution in [3.8, 4) is 17.2 Å². The highest BCUT2D eigenvalue weighted by Crippen LogP contribution is 2.34. The van der Waals surface area contributed by atoms with E-state index in [9.17, 15) is 9.59 Å². The van der Waals surface area contributed by atoms with Crippen LogP contribution in [0.1, 0.15) is 12.5 Å². The molecule has 26 heavy (non-hydrogen) atoms. The van der Waals surface area contributed by atoms with Gasteiger partial charge in [0.2, 0.25) is 12.7 Å². The summed E-state index contributed by atoms with van der Waals surface area (Å²) in [6.07, 6.45) is -0.761. The number of nitrogens with zero attached hydrogens (tertiary/aromatic N) is 1. The monoisotopic (exact) mass is 354 g/mol. The maximum Gasteiger partial charge on any atom is 0.263 e. The molecule has 1 N–H and O–H groups in total. The second-order valence-electron chi connectivity index (χ2n) is 6.11. The number of hydrogen-bond donors (Lipinski definition) is 1. The van der Waals surface area contributed by atoms with Crippen LogP contribution in [-0.4, -0.2) is 31.3 Å². The normalized spacial score (nSPS) is 17.3. The molecule has 2 amide bonds. The first-order valence-electron chi connectivity index (χ1n) is 8.32. The van der Waals surface area contributed by atoms with E-state index in [4.69, 9.17) is 14.2 Å². The third-order valence-corrected chi connectivity index (χ3v) is 4.35. The molecule has 2 aliphatic heterocycles. The fourth-order valence-electron chi connectivity index (χ4n) is 3.02. The fraction of sp³-hybridized carbons (Fsp3) is 0.263. The van der Waals surface area contributed by atoms with Crippen molar-refractivity contribution in [2.24, 2.45) is 0 Å². The van der Waals surface area contributed by atoms with E-state index in [0.717, 1.165) is 5.56 Å². The molecular formula is C19H18N2O5. The van der Waals surface area contributed by atoms with Crippen molar-refractivity contribution in [1.29, 1.82) is 0 Å². The van der Waals surface area contributed by atoms with Gasteiger partial charge in [-0.25, -0.2) is 0 Å². The molecule has 7 heteroatoms. The molecule has 0 aliphatic carbocycles. The summed E-state index contributed by atoms with van der Waals surface area (Å²) in [7, 11) is 0. The minimum Gasteiger partial charge on any atom is -0.477 e. The predicted molar refractivity (Wildman–Crippen MR) is 93.3 cm³/mol. The molecule has 0 aromatic heterocycles. The molecule has 2 aromatic rings. The van der Waals surface area contributed by atoms with Crippen molar-refractivity contribution in [3.05, 3.63) is 48.0 Å². The van der Waals surface area contributed by atoms with Crippen LogP contribution in [0.5, 0.6) is 17.2 Å². The summed E-state index contributed by atoms with van der Waals surface area (Å²) in [5, 5.41) is 2.85. The van der Waals surface area contributed by atoms with E-state index in [1.807, 2.05) is 30.3 Å². The van der Waals surface area contributed by atoms with Gasteiger partial charge in [0.25, 0.3) is 5.91 Å². The van der Waals surface area contributed by atoms with Crippen LogP contribution in [-0.2, 0) is 16.1 Å². The topological polar surface area (TPSA) is 77.1 Å². The molecule has 0 bridgehead atoms. The molecular weight excluding hydrogens is 336 g/mol. The quantitative estimate of drug-likeness (QED) is 0.910. The Labute approximate surface area is 150 Å². The summed E-state index contributed by atoms with van der Waals surface area (Å²) in [4.78, 5) is 26.0. The SMILES string of the molecule is CC(=O)N1CC(C(=O)NCc2ccc3c(c2)OCO3)Oc2ccccc21. The van der Waals surface area contributed by atoms with Gasteiger partial charge in [-0.1, -0.05) is 18.2 Å². The van der Waals surface area contributed by atoms with Gasteiger partial charge in [0.15, 0.2) is 17.6 Å². The van der Waals surface area contributed by atoms with Crippen molar-refractivity contribution in [2.75, 3.05) is 18.2 Å². The number of carbonyl (C=O) groups excluding carboxylic acids is 2. The van der Waals surface area contributed by atoms with Gasteiger partial charge < -0.3 is 24.4 Å². The Kier molecular flexibility index (Phi) is 4.12. The first-order chi connectivity index (χ1) is 12.6. The lowest BCUT2D eigenvalue weighted by molar-refractivity contribution is -0.128. The number of para-hydroxylation sites is 2. The summed E-state index contributed by atoms with van der Waals surface area (Å²) in [6, 6.07) is 12.7. The molecule has 0 saturated carbocycles. The summed E-state index contributed by atoms with van der Waals surface area (Å²) in [5.74, 6) is 1.49. The van der Waals surface area contributed by atoms with Gasteiger partial charge in [-0.2, -0.15) is 0 Å². The molecule has 1 atom stereocenters. The highest BCUT2D eigenvalue weighted by molar-refractivity contribution is 5.95. The van der Waals surface area contributed by atoms with Crippen LogP contribution >= 0.6 is 0 Å². The number of rotatable bonds is 3. The van der Waals surface area contributed by atoms with Gasteiger partial charge in [0.05, 0.1) is 12.2 Å². The lowest BCUT2D eigenvalue weighted by atomic mass is 10.1. The standard InChI is InChI=1S/C19H18N2O5/c1-12(22)21-10-18(26-15-5-3-2-4-14(15)21)19(23)20-9-13-6-7-16-17(8-13)25-11-24-16/h2-8,18H,9-11H2,1H3,(H,20,23). The van der Waals surface area contributed by atoms with Gasteiger partial charge in [-0.05, 0) is 29.8 Å². The van der Waals surface area contributed by atoms with E-state index >= 15 is 0 Å². The second-order valence-corrected chi connectivity index (χ2v) is 6.11. The Bertz CT molecular complexity index is 867. The Balaban J connectivity index is 1.44. The molecule has 2 heterocycles.